The fourth-order valence-electron chi connectivity index (χ4n) is 10.7. The third-order valence-electron chi connectivity index (χ3n) is 13.7. The number of aromatic nitrogens is 3. The molecule has 0 saturated heterocycles. The maximum absolute atomic E-state index is 2.56. The van der Waals surface area contributed by atoms with E-state index in [4.69, 9.17) is 0 Å². The first-order valence-electron chi connectivity index (χ1n) is 21.1. The highest BCUT2D eigenvalue weighted by molar-refractivity contribution is 6.14. The molecule has 284 valence electrons. The minimum absolute atomic E-state index is 0.0689. The summed E-state index contributed by atoms with van der Waals surface area (Å²) in [5.74, 6) is 0. The third kappa shape index (κ3) is 4.94. The second-order valence-electron chi connectivity index (χ2n) is 18.0. The third-order valence-corrected chi connectivity index (χ3v) is 13.7. The number of hydrogen-bond acceptors (Lipinski definition) is 0. The number of benzene rings is 8. The summed E-state index contributed by atoms with van der Waals surface area (Å²) in [5.41, 5.74) is 16.6. The molecule has 0 unspecified atom stereocenters. The minimum Gasteiger partial charge on any atom is -0.309 e. The Morgan fingerprint density at radius 1 is 0.339 bits per heavy atom. The van der Waals surface area contributed by atoms with Crippen molar-refractivity contribution in [1.29, 1.82) is 0 Å². The van der Waals surface area contributed by atoms with Gasteiger partial charge in [-0.2, -0.15) is 0 Å². The van der Waals surface area contributed by atoms with Crippen LogP contribution in [0.1, 0.15) is 51.7 Å². The highest BCUT2D eigenvalue weighted by Gasteiger charge is 2.39. The van der Waals surface area contributed by atoms with Crippen LogP contribution >= 0.6 is 0 Å². The van der Waals surface area contributed by atoms with Crippen LogP contribution in [-0.4, -0.2) is 13.7 Å². The molecule has 3 nitrogen and oxygen atoms in total. The quantitative estimate of drug-likeness (QED) is 0.170. The van der Waals surface area contributed by atoms with Gasteiger partial charge >= 0.3 is 0 Å². The standard InChI is InChI=1S/C56H45N3/c1-55(2)31-32-56(3,4)54-46(55)20-14-24-52(54)59-49-23-13-8-17-40(49)43-28-25-37(34-53(43)59)36-26-29-50-44(33-36)41-18-9-12-22-48(41)58(50)39-27-30-51-45(35-39)42-19-10-11-21-47(42)57(51)38-15-6-5-7-16-38/h5-30,33-35H,31-32H2,1-4H3. The molecular weight excluding hydrogens is 715 g/mol. The highest BCUT2D eigenvalue weighted by atomic mass is 15.0. The molecule has 0 amide bonds. The summed E-state index contributed by atoms with van der Waals surface area (Å²) >= 11 is 0. The molecule has 0 atom stereocenters. The molecule has 59 heavy (non-hydrogen) atoms. The van der Waals surface area contributed by atoms with E-state index >= 15 is 0 Å². The molecule has 0 saturated carbocycles. The molecule has 1 aliphatic rings. The molecule has 0 bridgehead atoms. The lowest BCUT2D eigenvalue weighted by Gasteiger charge is -2.43. The van der Waals surface area contributed by atoms with Crippen molar-refractivity contribution in [2.75, 3.05) is 0 Å². The van der Waals surface area contributed by atoms with Crippen molar-refractivity contribution in [1.82, 2.24) is 13.7 Å². The summed E-state index contributed by atoms with van der Waals surface area (Å²) in [5, 5.41) is 7.60. The predicted octanol–water partition coefficient (Wildman–Crippen LogP) is 15.0. The Morgan fingerprint density at radius 3 is 1.56 bits per heavy atom. The Labute approximate surface area is 344 Å². The average molecular weight is 760 g/mol. The van der Waals surface area contributed by atoms with Crippen LogP contribution < -0.4 is 0 Å². The Bertz CT molecular complexity index is 3500. The summed E-state index contributed by atoms with van der Waals surface area (Å²) in [6, 6.07) is 65.5. The zero-order chi connectivity index (χ0) is 39.6. The molecule has 0 aliphatic heterocycles. The fraction of sp³-hybridized carbons (Fsp3) is 0.143. The van der Waals surface area contributed by atoms with Crippen LogP contribution in [0.3, 0.4) is 0 Å². The summed E-state index contributed by atoms with van der Waals surface area (Å²) in [7, 11) is 0. The smallest absolute Gasteiger partial charge is 0.0547 e. The van der Waals surface area contributed by atoms with Gasteiger partial charge in [-0.3, -0.25) is 0 Å². The normalized spacial score (nSPS) is 14.9. The molecule has 3 heteroatoms. The number of nitrogens with zero attached hydrogens (tertiary/aromatic N) is 3. The average Bonchev–Trinajstić information content (AvgIpc) is 3.90. The molecule has 11 aromatic rings. The first kappa shape index (κ1) is 34.2. The van der Waals surface area contributed by atoms with Crippen LogP contribution in [0.5, 0.6) is 0 Å². The molecule has 3 aromatic heterocycles. The number of hydrogen-bond donors (Lipinski definition) is 0. The van der Waals surface area contributed by atoms with Crippen molar-refractivity contribution in [2.24, 2.45) is 0 Å². The maximum atomic E-state index is 2.56. The summed E-state index contributed by atoms with van der Waals surface area (Å²) in [4.78, 5) is 0. The van der Waals surface area contributed by atoms with E-state index in [0.717, 1.165) is 5.69 Å². The Kier molecular flexibility index (Phi) is 7.15. The second kappa shape index (κ2) is 12.3. The van der Waals surface area contributed by atoms with Crippen LogP contribution in [-0.2, 0) is 10.8 Å². The Morgan fingerprint density at radius 2 is 0.847 bits per heavy atom. The van der Waals surface area contributed by atoms with Gasteiger partial charge in [0.15, 0.2) is 0 Å². The van der Waals surface area contributed by atoms with Gasteiger partial charge < -0.3 is 13.7 Å². The lowest BCUT2D eigenvalue weighted by atomic mass is 9.62. The van der Waals surface area contributed by atoms with E-state index in [2.05, 4.69) is 217 Å². The van der Waals surface area contributed by atoms with Crippen LogP contribution in [0.4, 0.5) is 0 Å². The van der Waals surface area contributed by atoms with E-state index in [1.54, 1.807) is 0 Å². The predicted molar refractivity (Wildman–Crippen MR) is 250 cm³/mol. The van der Waals surface area contributed by atoms with Crippen molar-refractivity contribution in [3.63, 3.8) is 0 Å². The molecule has 0 spiro atoms. The van der Waals surface area contributed by atoms with Gasteiger partial charge in [-0.05, 0) is 119 Å². The van der Waals surface area contributed by atoms with E-state index in [0.29, 0.717) is 0 Å². The van der Waals surface area contributed by atoms with Crippen LogP contribution in [0.15, 0.2) is 176 Å². The molecule has 0 fully saturated rings. The van der Waals surface area contributed by atoms with Gasteiger partial charge in [0.2, 0.25) is 0 Å². The van der Waals surface area contributed by atoms with Crippen molar-refractivity contribution in [3.05, 3.63) is 187 Å². The fourth-order valence-corrected chi connectivity index (χ4v) is 10.7. The van der Waals surface area contributed by atoms with E-state index in [1.807, 2.05) is 0 Å². The summed E-state index contributed by atoms with van der Waals surface area (Å²) in [6.07, 6.45) is 2.37. The molecule has 0 N–H and O–H groups in total. The van der Waals surface area contributed by atoms with E-state index in [-0.39, 0.29) is 10.8 Å². The molecule has 0 radical (unpaired) electrons. The van der Waals surface area contributed by atoms with Gasteiger partial charge in [0, 0.05) is 43.7 Å². The molecule has 3 heterocycles. The topological polar surface area (TPSA) is 14.8 Å². The van der Waals surface area contributed by atoms with E-state index in [9.17, 15) is 0 Å². The van der Waals surface area contributed by atoms with E-state index in [1.165, 1.54) is 112 Å². The van der Waals surface area contributed by atoms with Gasteiger partial charge in [-0.15, -0.1) is 0 Å². The van der Waals surface area contributed by atoms with E-state index < -0.39 is 0 Å². The maximum Gasteiger partial charge on any atom is 0.0547 e. The van der Waals surface area contributed by atoms with Crippen molar-refractivity contribution < 1.29 is 0 Å². The van der Waals surface area contributed by atoms with Crippen LogP contribution in [0.2, 0.25) is 0 Å². The van der Waals surface area contributed by atoms with Crippen molar-refractivity contribution in [2.45, 2.75) is 51.4 Å². The van der Waals surface area contributed by atoms with Crippen LogP contribution in [0.25, 0.3) is 93.6 Å². The Balaban J connectivity index is 1.05. The number of rotatable bonds is 4. The van der Waals surface area contributed by atoms with Gasteiger partial charge in [0.05, 0.1) is 38.8 Å². The van der Waals surface area contributed by atoms with Crippen molar-refractivity contribution >= 4 is 65.4 Å². The van der Waals surface area contributed by atoms with Gasteiger partial charge in [0.25, 0.3) is 0 Å². The zero-order valence-corrected chi connectivity index (χ0v) is 34.0. The summed E-state index contributed by atoms with van der Waals surface area (Å²) in [6.45, 7) is 9.72. The van der Waals surface area contributed by atoms with Gasteiger partial charge in [-0.25, -0.2) is 0 Å². The number of fused-ring (bicyclic) bond motifs is 10. The SMILES string of the molecule is CC1(C)CCC(C)(C)c2c(-n3c4ccccc4c4ccc(-c5ccc6c(c5)c5ccccc5n6-c5ccc6c(c5)c5ccccc5n6-c5ccccc5)cc43)cccc21. The number of para-hydroxylation sites is 4. The summed E-state index contributed by atoms with van der Waals surface area (Å²) < 4.78 is 7.40. The highest BCUT2D eigenvalue weighted by Crippen LogP contribution is 2.49. The first-order chi connectivity index (χ1) is 28.8. The van der Waals surface area contributed by atoms with Gasteiger partial charge in [0.1, 0.15) is 0 Å². The lowest BCUT2D eigenvalue weighted by molar-refractivity contribution is 0.331. The molecule has 1 aliphatic carbocycles. The lowest BCUT2D eigenvalue weighted by Crippen LogP contribution is -2.35. The van der Waals surface area contributed by atoms with Crippen LogP contribution in [0, 0.1) is 0 Å². The molecule has 8 aromatic carbocycles. The molecule has 12 rings (SSSR count). The Hall–Kier alpha value is -6.84. The minimum atomic E-state index is 0.0689. The second-order valence-corrected chi connectivity index (χ2v) is 18.0. The largest absolute Gasteiger partial charge is 0.309 e. The van der Waals surface area contributed by atoms with Crippen molar-refractivity contribution in [3.8, 4) is 28.2 Å². The monoisotopic (exact) mass is 759 g/mol. The zero-order valence-electron chi connectivity index (χ0n) is 34.0. The molecular formula is C56H45N3. The van der Waals surface area contributed by atoms with Gasteiger partial charge in [-0.1, -0.05) is 131 Å². The first-order valence-corrected chi connectivity index (χ1v) is 21.1.